The molecule has 6 nitrogen and oxygen atoms in total. The molecule has 1 aromatic carbocycles. The molecule has 2 aromatic heterocycles. The highest BCUT2D eigenvalue weighted by Crippen LogP contribution is 2.28. The van der Waals surface area contributed by atoms with Crippen molar-refractivity contribution in [1.29, 1.82) is 5.26 Å². The van der Waals surface area contributed by atoms with Gasteiger partial charge in [0.1, 0.15) is 17.3 Å². The highest BCUT2D eigenvalue weighted by atomic mass is 16.1. The van der Waals surface area contributed by atoms with Crippen LogP contribution in [0.25, 0.3) is 11.0 Å². The number of hydrogen-bond donors (Lipinski definition) is 0. The number of rotatable bonds is 3. The maximum Gasteiger partial charge on any atom is 0.252 e. The van der Waals surface area contributed by atoms with Gasteiger partial charge in [-0.25, -0.2) is 4.98 Å². The van der Waals surface area contributed by atoms with Crippen LogP contribution in [-0.2, 0) is 19.0 Å². The van der Waals surface area contributed by atoms with E-state index in [1.165, 1.54) is 11.1 Å². The minimum Gasteiger partial charge on any atom is -0.364 e. The molecule has 0 bridgehead atoms. The molecular formula is C26H31N5O. The van der Waals surface area contributed by atoms with Crippen LogP contribution in [0.15, 0.2) is 47.3 Å². The quantitative estimate of drug-likeness (QED) is 0.633. The predicted molar refractivity (Wildman–Crippen MR) is 129 cm³/mol. The third-order valence-corrected chi connectivity index (χ3v) is 6.43. The van der Waals surface area contributed by atoms with E-state index in [-0.39, 0.29) is 17.0 Å². The first-order valence-electron chi connectivity index (χ1n) is 11.2. The summed E-state index contributed by atoms with van der Waals surface area (Å²) < 4.78 is 1.59. The number of benzene rings is 1. The maximum absolute atomic E-state index is 12.6. The van der Waals surface area contributed by atoms with E-state index < -0.39 is 0 Å². The third-order valence-electron chi connectivity index (χ3n) is 6.43. The van der Waals surface area contributed by atoms with Crippen molar-refractivity contribution >= 4 is 16.7 Å². The summed E-state index contributed by atoms with van der Waals surface area (Å²) in [4.78, 5) is 21.9. The van der Waals surface area contributed by atoms with Gasteiger partial charge in [0.2, 0.25) is 0 Å². The monoisotopic (exact) mass is 429 g/mol. The summed E-state index contributed by atoms with van der Waals surface area (Å²) in [7, 11) is 1.74. The molecular weight excluding hydrogens is 398 g/mol. The van der Waals surface area contributed by atoms with Crippen molar-refractivity contribution in [2.24, 2.45) is 7.05 Å². The lowest BCUT2D eigenvalue weighted by atomic mass is 9.87. The van der Waals surface area contributed by atoms with E-state index in [0.29, 0.717) is 11.2 Å². The lowest BCUT2D eigenvalue weighted by Gasteiger charge is -2.41. The van der Waals surface area contributed by atoms with E-state index in [1.807, 2.05) is 6.07 Å². The summed E-state index contributed by atoms with van der Waals surface area (Å²) in [5, 5.41) is 9.31. The topological polar surface area (TPSA) is 65.2 Å². The molecule has 3 aromatic rings. The number of aryl methyl sites for hydroxylation is 1. The number of anilines is 1. The summed E-state index contributed by atoms with van der Waals surface area (Å²) >= 11 is 0. The zero-order valence-electron chi connectivity index (χ0n) is 19.6. The molecule has 0 saturated carbocycles. The molecule has 0 unspecified atom stereocenters. The average Bonchev–Trinajstić information content (AvgIpc) is 2.76. The van der Waals surface area contributed by atoms with E-state index in [0.717, 1.165) is 37.4 Å². The van der Waals surface area contributed by atoms with Crippen LogP contribution in [-0.4, -0.2) is 40.1 Å². The first-order valence-corrected chi connectivity index (χ1v) is 11.2. The van der Waals surface area contributed by atoms with Crippen LogP contribution in [0.3, 0.4) is 0 Å². The van der Waals surface area contributed by atoms with Gasteiger partial charge in [0.15, 0.2) is 0 Å². The van der Waals surface area contributed by atoms with Crippen molar-refractivity contribution in [3.8, 4) is 6.07 Å². The molecule has 0 N–H and O–H groups in total. The predicted octanol–water partition coefficient (Wildman–Crippen LogP) is 3.81. The lowest BCUT2D eigenvalue weighted by Crippen LogP contribution is -2.52. The smallest absolute Gasteiger partial charge is 0.252 e. The fourth-order valence-electron chi connectivity index (χ4n) is 4.50. The van der Waals surface area contributed by atoms with Crippen molar-refractivity contribution in [1.82, 2.24) is 14.5 Å². The Kier molecular flexibility index (Phi) is 5.79. The van der Waals surface area contributed by atoms with E-state index in [4.69, 9.17) is 0 Å². The van der Waals surface area contributed by atoms with Gasteiger partial charge >= 0.3 is 0 Å². The van der Waals surface area contributed by atoms with Gasteiger partial charge in [0, 0.05) is 45.3 Å². The average molecular weight is 430 g/mol. The summed E-state index contributed by atoms with van der Waals surface area (Å²) in [6, 6.07) is 16.4. The lowest BCUT2D eigenvalue weighted by molar-refractivity contribution is 0.221. The molecule has 0 spiro atoms. The van der Waals surface area contributed by atoms with E-state index >= 15 is 0 Å². The van der Waals surface area contributed by atoms with Gasteiger partial charge in [-0.3, -0.25) is 9.69 Å². The number of aromatic nitrogens is 2. The molecule has 0 aliphatic carbocycles. The molecule has 0 radical (unpaired) electrons. The second-order valence-electron chi connectivity index (χ2n) is 9.83. The molecule has 1 atom stereocenters. The Morgan fingerprint density at radius 1 is 1.12 bits per heavy atom. The van der Waals surface area contributed by atoms with Crippen LogP contribution >= 0.6 is 0 Å². The Hall–Kier alpha value is -3.17. The number of nitriles is 1. The van der Waals surface area contributed by atoms with Gasteiger partial charge < -0.3 is 9.47 Å². The molecule has 32 heavy (non-hydrogen) atoms. The maximum atomic E-state index is 12.6. The van der Waals surface area contributed by atoms with Crippen LogP contribution < -0.4 is 10.5 Å². The number of pyridine rings is 2. The number of fused-ring (bicyclic) bond motifs is 1. The van der Waals surface area contributed by atoms with Crippen molar-refractivity contribution in [3.05, 3.63) is 69.6 Å². The van der Waals surface area contributed by atoms with E-state index in [9.17, 15) is 10.1 Å². The zero-order chi connectivity index (χ0) is 23.0. The van der Waals surface area contributed by atoms with Crippen LogP contribution in [0.4, 0.5) is 5.69 Å². The first-order chi connectivity index (χ1) is 15.2. The van der Waals surface area contributed by atoms with Crippen LogP contribution in [0.1, 0.15) is 44.5 Å². The van der Waals surface area contributed by atoms with E-state index in [1.54, 1.807) is 23.7 Å². The van der Waals surface area contributed by atoms with Gasteiger partial charge in [-0.1, -0.05) is 45.0 Å². The van der Waals surface area contributed by atoms with E-state index in [2.05, 4.69) is 72.8 Å². The van der Waals surface area contributed by atoms with Gasteiger partial charge in [-0.05, 0) is 35.6 Å². The van der Waals surface area contributed by atoms with Crippen molar-refractivity contribution in [3.63, 3.8) is 0 Å². The Labute approximate surface area is 189 Å². The second-order valence-corrected chi connectivity index (χ2v) is 9.83. The van der Waals surface area contributed by atoms with Crippen LogP contribution in [0.5, 0.6) is 0 Å². The van der Waals surface area contributed by atoms with Crippen molar-refractivity contribution in [2.75, 3.05) is 24.5 Å². The summed E-state index contributed by atoms with van der Waals surface area (Å²) in [5.41, 5.74) is 5.41. The Morgan fingerprint density at radius 3 is 2.47 bits per heavy atom. The van der Waals surface area contributed by atoms with Gasteiger partial charge in [-0.15, -0.1) is 0 Å². The van der Waals surface area contributed by atoms with Gasteiger partial charge in [-0.2, -0.15) is 5.26 Å². The molecule has 3 heterocycles. The highest BCUT2D eigenvalue weighted by molar-refractivity contribution is 5.88. The summed E-state index contributed by atoms with van der Waals surface area (Å²) in [5.74, 6) is 0. The van der Waals surface area contributed by atoms with Crippen molar-refractivity contribution < 1.29 is 0 Å². The minimum atomic E-state index is -0.0624. The second kappa shape index (κ2) is 8.40. The molecule has 1 aliphatic heterocycles. The fourth-order valence-corrected chi connectivity index (χ4v) is 4.50. The molecule has 1 saturated heterocycles. The molecule has 166 valence electrons. The highest BCUT2D eigenvalue weighted by Gasteiger charge is 2.26. The summed E-state index contributed by atoms with van der Waals surface area (Å²) in [6.07, 6.45) is 0. The van der Waals surface area contributed by atoms with Crippen molar-refractivity contribution in [2.45, 2.75) is 45.7 Å². The molecule has 1 fully saturated rings. The number of hydrogen-bond acceptors (Lipinski definition) is 5. The Bertz CT molecular complexity index is 1230. The minimum absolute atomic E-state index is 0.0624. The zero-order valence-corrected chi connectivity index (χ0v) is 19.6. The molecule has 0 amide bonds. The molecule has 4 rings (SSSR count). The van der Waals surface area contributed by atoms with Crippen LogP contribution in [0.2, 0.25) is 0 Å². The Balaban J connectivity index is 1.55. The summed E-state index contributed by atoms with van der Waals surface area (Å²) in [6.45, 7) is 12.4. The SMILES string of the molecule is C[C@H]1CN(Cc2ccc(C(C)(C)C)cc2)CCN1c1cc(=O)n(C)c2ccc(C#N)nc12. The first kappa shape index (κ1) is 22.0. The van der Waals surface area contributed by atoms with Gasteiger partial charge in [0.25, 0.3) is 5.56 Å². The third kappa shape index (κ3) is 4.26. The Morgan fingerprint density at radius 2 is 1.84 bits per heavy atom. The standard InChI is InChI=1S/C26H31N5O/c1-18-16-30(17-19-6-8-20(9-7-19)26(2,3)4)12-13-31(18)23-14-24(32)29(5)22-11-10-21(15-27)28-25(22)23/h6-11,14,18H,12-13,16-17H2,1-5H3/t18-/m0/s1. The number of nitrogens with zero attached hydrogens (tertiary/aromatic N) is 5. The van der Waals surface area contributed by atoms with Gasteiger partial charge in [0.05, 0.1) is 11.2 Å². The number of piperazine rings is 1. The largest absolute Gasteiger partial charge is 0.364 e. The normalized spacial score (nSPS) is 17.5. The molecule has 1 aliphatic rings. The molecule has 6 heteroatoms. The van der Waals surface area contributed by atoms with Crippen LogP contribution in [0, 0.1) is 11.3 Å². The fraction of sp³-hybridized carbons (Fsp3) is 0.423.